The van der Waals surface area contributed by atoms with Crippen molar-refractivity contribution in [1.29, 1.82) is 0 Å². The van der Waals surface area contributed by atoms with Crippen LogP contribution in [0.1, 0.15) is 0 Å². The van der Waals surface area contributed by atoms with Crippen LogP contribution in [0.15, 0.2) is 34.1 Å². The Labute approximate surface area is 84.8 Å². The summed E-state index contributed by atoms with van der Waals surface area (Å²) >= 11 is 0. The number of benzene rings is 1. The third-order valence-corrected chi connectivity index (χ3v) is 2.79. The molecule has 0 amide bonds. The van der Waals surface area contributed by atoms with Gasteiger partial charge >= 0.3 is 0 Å². The lowest BCUT2D eigenvalue weighted by Crippen LogP contribution is -2.12. The first-order chi connectivity index (χ1) is 6.97. The number of nitrogens with zero attached hydrogens (tertiary/aromatic N) is 1. The fourth-order valence-electron chi connectivity index (χ4n) is 1.19. The number of primary sulfonamides is 1. The number of fused-ring (bicyclic) bond motifs is 1. The normalized spacial score (nSPS) is 11.8. The predicted octanol–water partition coefficient (Wildman–Crippen LogP) is -0.429. The van der Waals surface area contributed by atoms with E-state index in [4.69, 9.17) is 5.14 Å². The van der Waals surface area contributed by atoms with Crippen molar-refractivity contribution in [3.05, 3.63) is 34.7 Å². The van der Waals surface area contributed by atoms with E-state index in [2.05, 4.69) is 9.97 Å². The predicted molar refractivity (Wildman–Crippen MR) is 53.7 cm³/mol. The molecule has 78 valence electrons. The second kappa shape index (κ2) is 3.14. The van der Waals surface area contributed by atoms with Gasteiger partial charge in [-0.05, 0) is 18.2 Å². The molecule has 1 aromatic carbocycles. The third kappa shape index (κ3) is 1.88. The van der Waals surface area contributed by atoms with Crippen LogP contribution in [-0.4, -0.2) is 18.4 Å². The average molecular weight is 225 g/mol. The van der Waals surface area contributed by atoms with Crippen molar-refractivity contribution < 1.29 is 8.42 Å². The van der Waals surface area contributed by atoms with Gasteiger partial charge in [-0.25, -0.2) is 18.5 Å². The van der Waals surface area contributed by atoms with Crippen molar-refractivity contribution in [1.82, 2.24) is 9.97 Å². The molecule has 0 aliphatic carbocycles. The molecule has 0 aliphatic rings. The molecule has 0 spiro atoms. The maximum atomic E-state index is 11.0. The highest BCUT2D eigenvalue weighted by molar-refractivity contribution is 7.89. The molecule has 0 bridgehead atoms. The number of hydrogen-bond acceptors (Lipinski definition) is 4. The van der Waals surface area contributed by atoms with Crippen LogP contribution in [0, 0.1) is 0 Å². The monoisotopic (exact) mass is 225 g/mol. The third-order valence-electron chi connectivity index (χ3n) is 1.88. The van der Waals surface area contributed by atoms with E-state index in [1.165, 1.54) is 18.2 Å². The maximum Gasteiger partial charge on any atom is 0.266 e. The fourth-order valence-corrected chi connectivity index (χ4v) is 1.73. The van der Waals surface area contributed by atoms with Crippen molar-refractivity contribution >= 4 is 21.1 Å². The van der Waals surface area contributed by atoms with E-state index in [1.54, 1.807) is 0 Å². The number of aromatic nitrogens is 2. The summed E-state index contributed by atoms with van der Waals surface area (Å²) in [7, 11) is -3.74. The zero-order valence-corrected chi connectivity index (χ0v) is 8.28. The minimum absolute atomic E-state index is 0.0328. The number of hydrogen-bond donors (Lipinski definition) is 2. The first kappa shape index (κ1) is 9.81. The number of sulfonamides is 1. The molecule has 0 saturated heterocycles. The van der Waals surface area contributed by atoms with Gasteiger partial charge in [0.1, 0.15) is 0 Å². The van der Waals surface area contributed by atoms with Gasteiger partial charge in [-0.1, -0.05) is 0 Å². The molecule has 2 rings (SSSR count). The summed E-state index contributed by atoms with van der Waals surface area (Å²) in [5, 5.41) is 4.95. The molecule has 0 atom stereocenters. The van der Waals surface area contributed by atoms with Gasteiger partial charge in [-0.3, -0.25) is 4.79 Å². The lowest BCUT2D eigenvalue weighted by Gasteiger charge is -1.99. The van der Waals surface area contributed by atoms with Crippen molar-refractivity contribution in [3.63, 3.8) is 0 Å². The van der Waals surface area contributed by atoms with E-state index in [-0.39, 0.29) is 10.5 Å². The van der Waals surface area contributed by atoms with E-state index >= 15 is 0 Å². The van der Waals surface area contributed by atoms with Crippen LogP contribution in [0.3, 0.4) is 0 Å². The van der Waals surface area contributed by atoms with Gasteiger partial charge in [0.2, 0.25) is 10.0 Å². The second-order valence-electron chi connectivity index (χ2n) is 2.97. The zero-order chi connectivity index (χ0) is 11.1. The molecule has 0 unspecified atom stereocenters. The standard InChI is InChI=1S/C8H7N3O3S/c9-15(13,14)5-1-2-6-7(3-5)10-4-8(12)11-6/h1-4H,(H,11,12)(H2,9,13,14). The Kier molecular flexibility index (Phi) is 2.06. The first-order valence-corrected chi connectivity index (χ1v) is 5.53. The van der Waals surface area contributed by atoms with Crippen molar-refractivity contribution in [3.8, 4) is 0 Å². The Morgan fingerprint density at radius 2 is 2.07 bits per heavy atom. The van der Waals surface area contributed by atoms with Gasteiger partial charge in [0.05, 0.1) is 22.1 Å². The van der Waals surface area contributed by atoms with Crippen molar-refractivity contribution in [2.75, 3.05) is 0 Å². The van der Waals surface area contributed by atoms with Crippen molar-refractivity contribution in [2.45, 2.75) is 4.90 Å². The van der Waals surface area contributed by atoms with Gasteiger partial charge in [0, 0.05) is 0 Å². The summed E-state index contributed by atoms with van der Waals surface area (Å²) in [6.07, 6.45) is 1.08. The van der Waals surface area contributed by atoms with E-state index in [1.807, 2.05) is 0 Å². The molecule has 6 nitrogen and oxygen atoms in total. The Morgan fingerprint density at radius 3 is 2.73 bits per heavy atom. The van der Waals surface area contributed by atoms with Crippen LogP contribution in [0.5, 0.6) is 0 Å². The molecule has 7 heteroatoms. The van der Waals surface area contributed by atoms with E-state index in [9.17, 15) is 13.2 Å². The number of nitrogens with two attached hydrogens (primary N) is 1. The molecule has 3 N–H and O–H groups in total. The molecular formula is C8H7N3O3S. The summed E-state index contributed by atoms with van der Waals surface area (Å²) in [4.78, 5) is 17.2. The van der Waals surface area contributed by atoms with E-state index in [0.717, 1.165) is 6.20 Å². The van der Waals surface area contributed by atoms with Gasteiger partial charge in [-0.2, -0.15) is 0 Å². The number of aromatic amines is 1. The highest BCUT2D eigenvalue weighted by Gasteiger charge is 2.08. The van der Waals surface area contributed by atoms with E-state index < -0.39 is 10.0 Å². The van der Waals surface area contributed by atoms with Crippen LogP contribution in [0.2, 0.25) is 0 Å². The van der Waals surface area contributed by atoms with Gasteiger partial charge in [0.25, 0.3) is 5.56 Å². The highest BCUT2D eigenvalue weighted by Crippen LogP contribution is 2.12. The second-order valence-corrected chi connectivity index (χ2v) is 4.53. The molecule has 15 heavy (non-hydrogen) atoms. The van der Waals surface area contributed by atoms with E-state index in [0.29, 0.717) is 11.0 Å². The maximum absolute atomic E-state index is 11.0. The lowest BCUT2D eigenvalue weighted by atomic mass is 10.3. The summed E-state index contributed by atoms with van der Waals surface area (Å²) in [6, 6.07) is 4.07. The lowest BCUT2D eigenvalue weighted by molar-refractivity contribution is 0.598. The number of H-pyrrole nitrogens is 1. The Bertz CT molecular complexity index is 675. The minimum atomic E-state index is -3.74. The summed E-state index contributed by atoms with van der Waals surface area (Å²) in [6.45, 7) is 0. The van der Waals surface area contributed by atoms with Crippen LogP contribution < -0.4 is 10.7 Å². The Hall–Kier alpha value is -1.73. The fraction of sp³-hybridized carbons (Fsp3) is 0. The Balaban J connectivity index is 2.78. The summed E-state index contributed by atoms with van der Waals surface area (Å²) in [5.74, 6) is 0. The summed E-state index contributed by atoms with van der Waals surface area (Å²) in [5.41, 5.74) is 0.502. The molecule has 1 aromatic heterocycles. The molecular weight excluding hydrogens is 218 g/mol. The quantitative estimate of drug-likeness (QED) is 0.686. The Morgan fingerprint density at radius 1 is 1.33 bits per heavy atom. The number of nitrogens with one attached hydrogen (secondary N) is 1. The average Bonchev–Trinajstić information content (AvgIpc) is 2.15. The van der Waals surface area contributed by atoms with Crippen molar-refractivity contribution in [2.24, 2.45) is 5.14 Å². The molecule has 1 heterocycles. The van der Waals surface area contributed by atoms with Gasteiger partial charge in [-0.15, -0.1) is 0 Å². The summed E-state index contributed by atoms with van der Waals surface area (Å²) < 4.78 is 22.0. The minimum Gasteiger partial charge on any atom is -0.319 e. The highest BCUT2D eigenvalue weighted by atomic mass is 32.2. The van der Waals surface area contributed by atoms with Crippen LogP contribution in [0.4, 0.5) is 0 Å². The smallest absolute Gasteiger partial charge is 0.266 e. The van der Waals surface area contributed by atoms with Gasteiger partial charge < -0.3 is 4.98 Å². The molecule has 2 aromatic rings. The van der Waals surface area contributed by atoms with Crippen LogP contribution in [0.25, 0.3) is 11.0 Å². The number of rotatable bonds is 1. The van der Waals surface area contributed by atoms with Gasteiger partial charge in [0.15, 0.2) is 0 Å². The first-order valence-electron chi connectivity index (χ1n) is 3.99. The molecule has 0 radical (unpaired) electrons. The zero-order valence-electron chi connectivity index (χ0n) is 7.47. The largest absolute Gasteiger partial charge is 0.319 e. The van der Waals surface area contributed by atoms with Crippen LogP contribution >= 0.6 is 0 Å². The topological polar surface area (TPSA) is 106 Å². The molecule has 0 saturated carbocycles. The van der Waals surface area contributed by atoms with Crippen LogP contribution in [-0.2, 0) is 10.0 Å². The molecule has 0 aliphatic heterocycles. The SMILES string of the molecule is NS(=O)(=O)c1ccc2[nH]c(=O)cnc2c1. The molecule has 0 fully saturated rings.